The number of anilines is 1. The lowest BCUT2D eigenvalue weighted by atomic mass is 10.1. The molecule has 0 unspecified atom stereocenters. The Morgan fingerprint density at radius 1 is 1.39 bits per heavy atom. The largest absolute Gasteiger partial charge is 0.266 e. The van der Waals surface area contributed by atoms with Gasteiger partial charge in [-0.3, -0.25) is 0 Å². The Bertz CT molecular complexity index is 683. The average molecular weight is 284 g/mol. The van der Waals surface area contributed by atoms with Gasteiger partial charge in [0.25, 0.3) is 10.0 Å². The Morgan fingerprint density at radius 2 is 2.22 bits per heavy atom. The number of aromatic nitrogens is 1. The van der Waals surface area contributed by atoms with Gasteiger partial charge in [-0.25, -0.2) is 22.1 Å². The molecule has 4 nitrogen and oxygen atoms in total. The number of thiazole rings is 1. The maximum Gasteiger partial charge on any atom is 0.266 e. The topological polar surface area (TPSA) is 50.3 Å². The monoisotopic (exact) mass is 284 g/mol. The molecule has 2 aromatic rings. The molecule has 94 valence electrons. The van der Waals surface area contributed by atoms with E-state index in [9.17, 15) is 12.8 Å². The van der Waals surface area contributed by atoms with Crippen molar-refractivity contribution in [2.45, 2.75) is 11.3 Å². The van der Waals surface area contributed by atoms with E-state index in [0.29, 0.717) is 23.7 Å². The van der Waals surface area contributed by atoms with Crippen molar-refractivity contribution in [3.63, 3.8) is 0 Å². The predicted octanol–water partition coefficient (Wildman–Crippen LogP) is 2.03. The summed E-state index contributed by atoms with van der Waals surface area (Å²) < 4.78 is 39.1. The first-order valence-electron chi connectivity index (χ1n) is 5.30. The van der Waals surface area contributed by atoms with Gasteiger partial charge in [-0.15, -0.1) is 11.3 Å². The molecule has 0 fully saturated rings. The molecule has 0 saturated heterocycles. The third-order valence-electron chi connectivity index (χ3n) is 2.81. The van der Waals surface area contributed by atoms with Crippen LogP contribution in [0.15, 0.2) is 34.7 Å². The minimum absolute atomic E-state index is 0.172. The van der Waals surface area contributed by atoms with E-state index in [2.05, 4.69) is 4.98 Å². The SMILES string of the molecule is O=S1(=O)c2ccc(F)cc2CCN1c1nccs1. The minimum Gasteiger partial charge on any atom is -0.241 e. The van der Waals surface area contributed by atoms with Gasteiger partial charge in [0.2, 0.25) is 0 Å². The van der Waals surface area contributed by atoms with Crippen LogP contribution in [0, 0.1) is 5.82 Å². The molecule has 0 amide bonds. The number of rotatable bonds is 1. The summed E-state index contributed by atoms with van der Waals surface area (Å²) in [6.07, 6.45) is 2.06. The van der Waals surface area contributed by atoms with Gasteiger partial charge in [0.1, 0.15) is 5.82 Å². The van der Waals surface area contributed by atoms with Crippen molar-refractivity contribution >= 4 is 26.5 Å². The zero-order valence-corrected chi connectivity index (χ0v) is 10.8. The second-order valence-corrected chi connectivity index (χ2v) is 6.60. The van der Waals surface area contributed by atoms with Gasteiger partial charge >= 0.3 is 0 Å². The zero-order valence-electron chi connectivity index (χ0n) is 9.21. The lowest BCUT2D eigenvalue weighted by Crippen LogP contribution is -2.37. The van der Waals surface area contributed by atoms with E-state index in [0.717, 1.165) is 0 Å². The first kappa shape index (κ1) is 11.6. The Labute approximate surface area is 108 Å². The number of nitrogens with zero attached hydrogens (tertiary/aromatic N) is 2. The molecule has 0 saturated carbocycles. The van der Waals surface area contributed by atoms with E-state index < -0.39 is 15.8 Å². The van der Waals surface area contributed by atoms with Crippen molar-refractivity contribution in [2.24, 2.45) is 0 Å². The molecule has 0 bridgehead atoms. The first-order valence-corrected chi connectivity index (χ1v) is 7.62. The zero-order chi connectivity index (χ0) is 12.8. The van der Waals surface area contributed by atoms with Crippen LogP contribution < -0.4 is 4.31 Å². The van der Waals surface area contributed by atoms with E-state index in [1.54, 1.807) is 11.6 Å². The second kappa shape index (κ2) is 4.03. The smallest absolute Gasteiger partial charge is 0.241 e. The van der Waals surface area contributed by atoms with Crippen LogP contribution in [-0.2, 0) is 16.4 Å². The summed E-state index contributed by atoms with van der Waals surface area (Å²) in [4.78, 5) is 4.19. The van der Waals surface area contributed by atoms with Crippen LogP contribution in [-0.4, -0.2) is 19.9 Å². The fraction of sp³-hybridized carbons (Fsp3) is 0.182. The molecular formula is C11H9FN2O2S2. The minimum atomic E-state index is -3.61. The van der Waals surface area contributed by atoms with Crippen LogP contribution in [0.25, 0.3) is 0 Å². The van der Waals surface area contributed by atoms with E-state index in [1.165, 1.54) is 33.8 Å². The van der Waals surface area contributed by atoms with E-state index in [1.807, 2.05) is 0 Å². The van der Waals surface area contributed by atoms with Crippen molar-refractivity contribution in [2.75, 3.05) is 10.8 Å². The summed E-state index contributed by atoms with van der Waals surface area (Å²) in [6.45, 7) is 0.298. The van der Waals surface area contributed by atoms with E-state index >= 15 is 0 Å². The fourth-order valence-electron chi connectivity index (χ4n) is 1.99. The molecule has 1 aliphatic rings. The quantitative estimate of drug-likeness (QED) is 0.805. The van der Waals surface area contributed by atoms with E-state index in [-0.39, 0.29) is 4.90 Å². The molecule has 7 heteroatoms. The highest BCUT2D eigenvalue weighted by Gasteiger charge is 2.33. The van der Waals surface area contributed by atoms with Gasteiger partial charge in [0.05, 0.1) is 4.90 Å². The van der Waals surface area contributed by atoms with Crippen molar-refractivity contribution in [3.05, 3.63) is 41.2 Å². The number of sulfonamides is 1. The third-order valence-corrected chi connectivity index (χ3v) is 5.61. The molecule has 3 rings (SSSR count). The maximum absolute atomic E-state index is 13.1. The van der Waals surface area contributed by atoms with Gasteiger partial charge in [-0.1, -0.05) is 0 Å². The Kier molecular flexibility index (Phi) is 2.60. The normalized spacial score (nSPS) is 17.5. The summed E-state index contributed by atoms with van der Waals surface area (Å²) in [5, 5.41) is 2.18. The number of fused-ring (bicyclic) bond motifs is 1. The summed E-state index contributed by atoms with van der Waals surface area (Å²) in [7, 11) is -3.61. The van der Waals surface area contributed by atoms with Gasteiger partial charge in [0.15, 0.2) is 5.13 Å². The molecule has 2 heterocycles. The molecule has 0 aliphatic carbocycles. The van der Waals surface area contributed by atoms with Gasteiger partial charge in [0, 0.05) is 18.1 Å². The van der Waals surface area contributed by atoms with Gasteiger partial charge in [-0.2, -0.15) is 0 Å². The van der Waals surface area contributed by atoms with Crippen LogP contribution in [0.4, 0.5) is 9.52 Å². The van der Waals surface area contributed by atoms with Crippen LogP contribution in [0.3, 0.4) is 0 Å². The van der Waals surface area contributed by atoms with Crippen molar-refractivity contribution < 1.29 is 12.8 Å². The molecule has 0 radical (unpaired) electrons. The third kappa shape index (κ3) is 1.70. The first-order chi connectivity index (χ1) is 8.59. The number of benzene rings is 1. The van der Waals surface area contributed by atoms with Crippen LogP contribution in [0.1, 0.15) is 5.56 Å². The Morgan fingerprint density at radius 3 is 2.94 bits per heavy atom. The fourth-order valence-corrected chi connectivity index (χ4v) is 4.55. The highest BCUT2D eigenvalue weighted by molar-refractivity contribution is 7.93. The summed E-state index contributed by atoms with van der Waals surface area (Å²) in [6, 6.07) is 3.77. The maximum atomic E-state index is 13.1. The number of hydrogen-bond donors (Lipinski definition) is 0. The highest BCUT2D eigenvalue weighted by atomic mass is 32.2. The molecule has 0 N–H and O–H groups in total. The predicted molar refractivity (Wildman–Crippen MR) is 66.7 cm³/mol. The standard InChI is InChI=1S/C11H9FN2O2S2/c12-9-1-2-10-8(7-9)3-5-14(18(10,15)16)11-13-4-6-17-11/h1-2,4,6-7H,3,5H2. The van der Waals surface area contributed by atoms with Crippen LogP contribution in [0.5, 0.6) is 0 Å². The van der Waals surface area contributed by atoms with Gasteiger partial charge < -0.3 is 0 Å². The Hall–Kier alpha value is -1.47. The Balaban J connectivity index is 2.14. The molecule has 1 aliphatic heterocycles. The highest BCUT2D eigenvalue weighted by Crippen LogP contribution is 2.31. The molecule has 0 atom stereocenters. The van der Waals surface area contributed by atoms with Crippen molar-refractivity contribution in [1.82, 2.24) is 4.98 Å². The number of hydrogen-bond acceptors (Lipinski definition) is 4. The van der Waals surface area contributed by atoms with Crippen molar-refractivity contribution in [1.29, 1.82) is 0 Å². The molecular weight excluding hydrogens is 275 g/mol. The molecule has 18 heavy (non-hydrogen) atoms. The summed E-state index contributed by atoms with van der Waals surface area (Å²) in [5.74, 6) is -0.411. The van der Waals surface area contributed by atoms with Crippen LogP contribution in [0.2, 0.25) is 0 Å². The number of halogens is 1. The average Bonchev–Trinajstić information content (AvgIpc) is 2.81. The molecule has 0 spiro atoms. The summed E-state index contributed by atoms with van der Waals surface area (Å²) in [5.41, 5.74) is 0.530. The molecule has 1 aromatic heterocycles. The lowest BCUT2D eigenvalue weighted by Gasteiger charge is -2.27. The van der Waals surface area contributed by atoms with Crippen LogP contribution >= 0.6 is 11.3 Å². The molecule has 1 aromatic carbocycles. The lowest BCUT2D eigenvalue weighted by molar-refractivity contribution is 0.581. The summed E-state index contributed by atoms with van der Waals surface area (Å²) >= 11 is 1.27. The van der Waals surface area contributed by atoms with Crippen molar-refractivity contribution in [3.8, 4) is 0 Å². The van der Waals surface area contributed by atoms with E-state index in [4.69, 9.17) is 0 Å². The van der Waals surface area contributed by atoms with Gasteiger partial charge in [-0.05, 0) is 30.2 Å². The second-order valence-electron chi connectivity index (χ2n) is 3.89.